The van der Waals surface area contributed by atoms with E-state index in [1.165, 1.54) is 6.07 Å². The van der Waals surface area contributed by atoms with E-state index in [9.17, 15) is 14.0 Å². The lowest BCUT2D eigenvalue weighted by Gasteiger charge is -2.36. The summed E-state index contributed by atoms with van der Waals surface area (Å²) in [5.74, 6) is 0.399. The van der Waals surface area contributed by atoms with Crippen molar-refractivity contribution >= 4 is 17.5 Å². The van der Waals surface area contributed by atoms with Gasteiger partial charge in [-0.25, -0.2) is 9.37 Å². The number of nitrogens with zero attached hydrogens (tertiary/aromatic N) is 3. The van der Waals surface area contributed by atoms with Crippen LogP contribution in [-0.2, 0) is 4.79 Å². The predicted molar refractivity (Wildman–Crippen MR) is 103 cm³/mol. The number of rotatable bonds is 4. The summed E-state index contributed by atoms with van der Waals surface area (Å²) < 4.78 is 13.2. The molecule has 1 aliphatic heterocycles. The zero-order valence-corrected chi connectivity index (χ0v) is 16.0. The van der Waals surface area contributed by atoms with Crippen LogP contribution in [0, 0.1) is 24.1 Å². The molecule has 0 radical (unpaired) electrons. The second-order valence-electron chi connectivity index (χ2n) is 8.08. The molecule has 1 saturated heterocycles. The highest BCUT2D eigenvalue weighted by Gasteiger charge is 2.49. The van der Waals surface area contributed by atoms with Gasteiger partial charge in [-0.3, -0.25) is 19.5 Å². The summed E-state index contributed by atoms with van der Waals surface area (Å²) in [4.78, 5) is 36.0. The maximum absolute atomic E-state index is 13.2. The minimum absolute atomic E-state index is 0.0493. The fraction of sp³-hybridized carbons (Fsp3) is 0.455. The van der Waals surface area contributed by atoms with Crippen LogP contribution in [0.1, 0.15) is 54.7 Å². The van der Waals surface area contributed by atoms with Crippen LogP contribution in [0.15, 0.2) is 36.5 Å². The van der Waals surface area contributed by atoms with Crippen molar-refractivity contribution in [3.05, 3.63) is 53.7 Å². The molecule has 1 saturated carbocycles. The lowest BCUT2D eigenvalue weighted by Crippen LogP contribution is -2.39. The third kappa shape index (κ3) is 3.55. The van der Waals surface area contributed by atoms with E-state index in [4.69, 9.17) is 0 Å². The average Bonchev–Trinajstić information content (AvgIpc) is 2.98. The average molecular weight is 381 g/mol. The van der Waals surface area contributed by atoms with Crippen molar-refractivity contribution in [2.75, 3.05) is 11.4 Å². The maximum atomic E-state index is 13.2. The van der Waals surface area contributed by atoms with E-state index in [-0.39, 0.29) is 17.6 Å². The topological polar surface area (TPSA) is 63.2 Å². The lowest BCUT2D eigenvalue weighted by atomic mass is 9.67. The number of Topliss-reactive ketones (excluding diaryl/α,β-unsaturated/α-hetero) is 1. The van der Waals surface area contributed by atoms with E-state index in [0.29, 0.717) is 24.5 Å². The maximum Gasteiger partial charge on any atom is 0.234 e. The van der Waals surface area contributed by atoms with Gasteiger partial charge in [-0.2, -0.15) is 0 Å². The van der Waals surface area contributed by atoms with Crippen LogP contribution < -0.4 is 4.90 Å². The first-order chi connectivity index (χ1) is 13.5. The Labute approximate surface area is 164 Å². The molecule has 146 valence electrons. The summed E-state index contributed by atoms with van der Waals surface area (Å²) in [5, 5.41) is 0. The van der Waals surface area contributed by atoms with Crippen molar-refractivity contribution in [2.45, 2.75) is 45.4 Å². The molecule has 2 aliphatic rings. The Hall–Kier alpha value is -2.63. The Morgan fingerprint density at radius 3 is 2.89 bits per heavy atom. The standard InChI is InChI=1S/C22H24FN3O2/c1-15-4-2-6-18(25-15)19(27)12-16-5-3-9-22(13-16)10-11-26(21(22)28)20-8-7-17(23)14-24-20/h2,4,6-8,14,16H,3,5,9-13H2,1H3/t16-,22+/m0/s1. The first-order valence-electron chi connectivity index (χ1n) is 9.87. The minimum Gasteiger partial charge on any atom is -0.296 e. The quantitative estimate of drug-likeness (QED) is 0.748. The number of ketones is 1. The molecule has 5 nitrogen and oxygen atoms in total. The number of anilines is 1. The number of aryl methyl sites for hydroxylation is 1. The Kier molecular flexibility index (Phi) is 4.96. The Morgan fingerprint density at radius 2 is 2.14 bits per heavy atom. The summed E-state index contributed by atoms with van der Waals surface area (Å²) >= 11 is 0. The van der Waals surface area contributed by atoms with Crippen molar-refractivity contribution in [2.24, 2.45) is 11.3 Å². The fourth-order valence-corrected chi connectivity index (χ4v) is 4.71. The number of aromatic nitrogens is 2. The molecule has 1 spiro atoms. The zero-order chi connectivity index (χ0) is 19.7. The summed E-state index contributed by atoms with van der Waals surface area (Å²) in [7, 11) is 0. The summed E-state index contributed by atoms with van der Waals surface area (Å²) in [6, 6.07) is 8.38. The predicted octanol–water partition coefficient (Wildman–Crippen LogP) is 4.11. The van der Waals surface area contributed by atoms with Gasteiger partial charge >= 0.3 is 0 Å². The highest BCUT2D eigenvalue weighted by Crippen LogP contribution is 2.48. The number of halogens is 1. The number of amides is 1. The van der Waals surface area contributed by atoms with Crippen LogP contribution in [0.2, 0.25) is 0 Å². The third-order valence-electron chi connectivity index (χ3n) is 6.10. The molecule has 0 unspecified atom stereocenters. The molecular weight excluding hydrogens is 357 g/mol. The SMILES string of the molecule is Cc1cccc(C(=O)C[C@@H]2CCC[C@@]3(CCN(c4ccc(F)cn4)C3=O)C2)n1. The first kappa shape index (κ1) is 18.7. The molecule has 6 heteroatoms. The van der Waals surface area contributed by atoms with Gasteiger partial charge in [0, 0.05) is 18.7 Å². The smallest absolute Gasteiger partial charge is 0.234 e. The van der Waals surface area contributed by atoms with Gasteiger partial charge in [0.05, 0.1) is 11.6 Å². The molecule has 4 rings (SSSR count). The molecule has 2 atom stereocenters. The molecule has 0 N–H and O–H groups in total. The van der Waals surface area contributed by atoms with Crippen molar-refractivity contribution < 1.29 is 14.0 Å². The fourth-order valence-electron chi connectivity index (χ4n) is 4.71. The number of hydrogen-bond donors (Lipinski definition) is 0. The Bertz CT molecular complexity index is 899. The van der Waals surface area contributed by atoms with Crippen LogP contribution >= 0.6 is 0 Å². The highest BCUT2D eigenvalue weighted by molar-refractivity contribution is 5.99. The normalized spacial score (nSPS) is 24.7. The lowest BCUT2D eigenvalue weighted by molar-refractivity contribution is -0.128. The van der Waals surface area contributed by atoms with E-state index < -0.39 is 11.2 Å². The molecule has 2 aromatic heterocycles. The van der Waals surface area contributed by atoms with Gasteiger partial charge in [0.15, 0.2) is 5.78 Å². The molecule has 2 fully saturated rings. The van der Waals surface area contributed by atoms with Crippen molar-refractivity contribution in [3.63, 3.8) is 0 Å². The van der Waals surface area contributed by atoms with Crippen molar-refractivity contribution in [1.82, 2.24) is 9.97 Å². The molecule has 0 bridgehead atoms. The summed E-state index contributed by atoms with van der Waals surface area (Å²) in [5.41, 5.74) is 0.924. The van der Waals surface area contributed by atoms with Gasteiger partial charge in [-0.05, 0) is 62.8 Å². The van der Waals surface area contributed by atoms with E-state index >= 15 is 0 Å². The van der Waals surface area contributed by atoms with E-state index in [1.807, 2.05) is 19.1 Å². The first-order valence-corrected chi connectivity index (χ1v) is 9.87. The van der Waals surface area contributed by atoms with Gasteiger partial charge in [0.2, 0.25) is 5.91 Å². The summed E-state index contributed by atoms with van der Waals surface area (Å²) in [6.45, 7) is 2.47. The van der Waals surface area contributed by atoms with Crippen LogP contribution in [-0.4, -0.2) is 28.2 Å². The van der Waals surface area contributed by atoms with Gasteiger partial charge < -0.3 is 0 Å². The Balaban J connectivity index is 1.46. The third-order valence-corrected chi connectivity index (χ3v) is 6.10. The van der Waals surface area contributed by atoms with Gasteiger partial charge in [-0.15, -0.1) is 0 Å². The molecule has 0 aromatic carbocycles. The Morgan fingerprint density at radius 1 is 1.29 bits per heavy atom. The van der Waals surface area contributed by atoms with Gasteiger partial charge in [-0.1, -0.05) is 12.5 Å². The van der Waals surface area contributed by atoms with Gasteiger partial charge in [0.1, 0.15) is 17.3 Å². The molecule has 1 aliphatic carbocycles. The molecule has 2 aromatic rings. The molecule has 3 heterocycles. The van der Waals surface area contributed by atoms with Crippen LogP contribution in [0.3, 0.4) is 0 Å². The number of hydrogen-bond acceptors (Lipinski definition) is 4. The van der Waals surface area contributed by atoms with Crippen LogP contribution in [0.4, 0.5) is 10.2 Å². The number of carbonyl (C=O) groups excluding carboxylic acids is 2. The highest BCUT2D eigenvalue weighted by atomic mass is 19.1. The monoisotopic (exact) mass is 381 g/mol. The van der Waals surface area contributed by atoms with E-state index in [2.05, 4.69) is 9.97 Å². The van der Waals surface area contributed by atoms with E-state index in [0.717, 1.165) is 44.0 Å². The van der Waals surface area contributed by atoms with Crippen LogP contribution in [0.5, 0.6) is 0 Å². The molecular formula is C22H24FN3O2. The van der Waals surface area contributed by atoms with Crippen molar-refractivity contribution in [1.29, 1.82) is 0 Å². The van der Waals surface area contributed by atoms with Crippen LogP contribution in [0.25, 0.3) is 0 Å². The second kappa shape index (κ2) is 7.41. The largest absolute Gasteiger partial charge is 0.296 e. The second-order valence-corrected chi connectivity index (χ2v) is 8.08. The summed E-state index contributed by atoms with van der Waals surface area (Å²) in [6.07, 6.45) is 5.80. The molecule has 1 amide bonds. The number of carbonyl (C=O) groups is 2. The number of pyridine rings is 2. The minimum atomic E-state index is -0.417. The zero-order valence-electron chi connectivity index (χ0n) is 16.0. The van der Waals surface area contributed by atoms with Gasteiger partial charge in [0.25, 0.3) is 0 Å². The van der Waals surface area contributed by atoms with Crippen molar-refractivity contribution in [3.8, 4) is 0 Å². The molecule has 28 heavy (non-hydrogen) atoms. The van der Waals surface area contributed by atoms with E-state index in [1.54, 1.807) is 17.0 Å².